The molecular formula is C22H16. The van der Waals surface area contributed by atoms with E-state index in [1.54, 1.807) is 0 Å². The largest absolute Gasteiger partial charge is 0.0841 e. The van der Waals surface area contributed by atoms with Crippen molar-refractivity contribution in [1.82, 2.24) is 0 Å². The summed E-state index contributed by atoms with van der Waals surface area (Å²) in [5.74, 6) is 0. The van der Waals surface area contributed by atoms with Gasteiger partial charge in [-0.1, -0.05) is 60.7 Å². The van der Waals surface area contributed by atoms with Gasteiger partial charge in [-0.2, -0.15) is 0 Å². The minimum Gasteiger partial charge on any atom is -0.0841 e. The first kappa shape index (κ1) is 12.0. The first-order valence-electron chi connectivity index (χ1n) is 7.88. The van der Waals surface area contributed by atoms with Crippen LogP contribution < -0.4 is 0 Å². The number of hydrogen-bond acceptors (Lipinski definition) is 0. The zero-order valence-corrected chi connectivity index (χ0v) is 12.6. The van der Waals surface area contributed by atoms with Crippen LogP contribution in [0.15, 0.2) is 66.3 Å². The van der Waals surface area contributed by atoms with Gasteiger partial charge in [-0.25, -0.2) is 0 Å². The highest BCUT2D eigenvalue weighted by Gasteiger charge is 2.24. The summed E-state index contributed by atoms with van der Waals surface area (Å²) in [5.41, 5.74) is 9.80. The third-order valence-electron chi connectivity index (χ3n) is 5.04. The number of hydrogen-bond donors (Lipinski definition) is 0. The Balaban J connectivity index is 1.95. The fourth-order valence-electron chi connectivity index (χ4n) is 3.96. The molecule has 2 aliphatic rings. The van der Waals surface area contributed by atoms with Crippen LogP contribution in [0.25, 0.3) is 39.1 Å². The summed E-state index contributed by atoms with van der Waals surface area (Å²) in [7, 11) is 0. The maximum Gasteiger partial charge on any atom is -0.00169 e. The average molecular weight is 280 g/mol. The molecular weight excluding hydrogens is 264 g/mol. The van der Waals surface area contributed by atoms with E-state index in [4.69, 9.17) is 0 Å². The van der Waals surface area contributed by atoms with Gasteiger partial charge in [0.1, 0.15) is 0 Å². The van der Waals surface area contributed by atoms with E-state index in [1.807, 2.05) is 0 Å². The van der Waals surface area contributed by atoms with Gasteiger partial charge in [0.05, 0.1) is 0 Å². The lowest BCUT2D eigenvalue weighted by atomic mass is 9.87. The van der Waals surface area contributed by atoms with E-state index < -0.39 is 0 Å². The smallest absolute Gasteiger partial charge is 0.00169 e. The molecule has 2 aliphatic carbocycles. The van der Waals surface area contributed by atoms with E-state index in [-0.39, 0.29) is 0 Å². The van der Waals surface area contributed by atoms with Crippen LogP contribution >= 0.6 is 0 Å². The number of benzene rings is 3. The second-order valence-corrected chi connectivity index (χ2v) is 6.14. The van der Waals surface area contributed by atoms with E-state index in [2.05, 4.69) is 73.7 Å². The second kappa shape index (κ2) is 4.20. The molecule has 0 spiro atoms. The van der Waals surface area contributed by atoms with Gasteiger partial charge in [0, 0.05) is 0 Å². The summed E-state index contributed by atoms with van der Waals surface area (Å²) >= 11 is 0. The summed E-state index contributed by atoms with van der Waals surface area (Å²) in [6, 6.07) is 17.9. The van der Waals surface area contributed by atoms with E-state index in [0.717, 1.165) is 6.42 Å². The standard InChI is InChI=1S/C22H16/c1-2-14-10-11-15-13-21-17-7-4-3-6-16(17)18-8-5-9-19(22(18)21)20(15)12-14/h2-11,13H,12H2,1H3/b14-2-. The van der Waals surface area contributed by atoms with Crippen molar-refractivity contribution in [3.05, 3.63) is 77.4 Å². The van der Waals surface area contributed by atoms with Gasteiger partial charge in [0.15, 0.2) is 0 Å². The molecule has 3 aromatic carbocycles. The minimum absolute atomic E-state index is 1.04. The zero-order valence-electron chi connectivity index (χ0n) is 12.6. The van der Waals surface area contributed by atoms with Gasteiger partial charge < -0.3 is 0 Å². The Labute approximate surface area is 130 Å². The molecule has 0 aromatic heterocycles. The molecule has 22 heavy (non-hydrogen) atoms. The lowest BCUT2D eigenvalue weighted by Gasteiger charge is -2.17. The average Bonchev–Trinajstić information content (AvgIpc) is 2.91. The molecule has 0 unspecified atom stereocenters. The minimum atomic E-state index is 1.04. The van der Waals surface area contributed by atoms with Crippen molar-refractivity contribution in [2.45, 2.75) is 13.3 Å². The zero-order chi connectivity index (χ0) is 14.7. The third-order valence-corrected chi connectivity index (χ3v) is 5.04. The molecule has 0 saturated carbocycles. The Morgan fingerprint density at radius 1 is 0.818 bits per heavy atom. The number of allylic oxidation sites excluding steroid dienone is 3. The first-order valence-corrected chi connectivity index (χ1v) is 7.88. The van der Waals surface area contributed by atoms with Crippen LogP contribution in [0, 0.1) is 0 Å². The van der Waals surface area contributed by atoms with E-state index in [0.29, 0.717) is 0 Å². The Morgan fingerprint density at radius 3 is 2.41 bits per heavy atom. The molecule has 0 heterocycles. The van der Waals surface area contributed by atoms with Crippen molar-refractivity contribution in [2.24, 2.45) is 0 Å². The van der Waals surface area contributed by atoms with Gasteiger partial charge in [-0.05, 0) is 69.1 Å². The highest BCUT2D eigenvalue weighted by Crippen LogP contribution is 2.49. The Hall–Kier alpha value is -2.60. The maximum atomic E-state index is 2.38. The topological polar surface area (TPSA) is 0 Å². The van der Waals surface area contributed by atoms with Crippen LogP contribution in [0.4, 0.5) is 0 Å². The normalized spacial score (nSPS) is 16.1. The highest BCUT2D eigenvalue weighted by molar-refractivity contribution is 6.17. The second-order valence-electron chi connectivity index (χ2n) is 6.14. The quantitative estimate of drug-likeness (QED) is 0.370. The summed E-state index contributed by atoms with van der Waals surface area (Å²) in [6.07, 6.45) is 7.79. The molecule has 0 saturated heterocycles. The molecule has 0 bridgehead atoms. The van der Waals surface area contributed by atoms with Crippen molar-refractivity contribution in [3.8, 4) is 22.3 Å². The molecule has 0 heteroatoms. The lowest BCUT2D eigenvalue weighted by Crippen LogP contribution is -1.99. The van der Waals surface area contributed by atoms with Crippen LogP contribution in [-0.2, 0) is 6.42 Å². The molecule has 0 nitrogen and oxygen atoms in total. The van der Waals surface area contributed by atoms with Crippen LogP contribution in [-0.4, -0.2) is 0 Å². The summed E-state index contributed by atoms with van der Waals surface area (Å²) in [5, 5.41) is 2.86. The van der Waals surface area contributed by atoms with Gasteiger partial charge in [-0.3, -0.25) is 0 Å². The van der Waals surface area contributed by atoms with Crippen molar-refractivity contribution in [1.29, 1.82) is 0 Å². The molecule has 104 valence electrons. The fourth-order valence-corrected chi connectivity index (χ4v) is 3.96. The third kappa shape index (κ3) is 1.42. The molecule has 0 fully saturated rings. The van der Waals surface area contributed by atoms with Crippen molar-refractivity contribution in [3.63, 3.8) is 0 Å². The molecule has 0 radical (unpaired) electrons. The van der Waals surface area contributed by atoms with E-state index >= 15 is 0 Å². The number of fused-ring (bicyclic) bond motifs is 5. The SMILES string of the molecule is C/C=C1/C=Cc2cc3c4c(cccc4c2C1)-c1ccccc1-3. The Bertz CT molecular complexity index is 1000. The molecule has 3 aromatic rings. The molecule has 0 aliphatic heterocycles. The lowest BCUT2D eigenvalue weighted by molar-refractivity contribution is 1.19. The molecule has 5 rings (SSSR count). The van der Waals surface area contributed by atoms with Gasteiger partial charge in [0.2, 0.25) is 0 Å². The number of rotatable bonds is 0. The van der Waals surface area contributed by atoms with E-state index in [1.165, 1.54) is 49.7 Å². The predicted octanol–water partition coefficient (Wildman–Crippen LogP) is 6.00. The monoisotopic (exact) mass is 280 g/mol. The first-order chi connectivity index (χ1) is 10.9. The van der Waals surface area contributed by atoms with Crippen LogP contribution in [0.3, 0.4) is 0 Å². The Morgan fingerprint density at radius 2 is 1.59 bits per heavy atom. The molecule has 0 atom stereocenters. The van der Waals surface area contributed by atoms with Crippen LogP contribution in [0.2, 0.25) is 0 Å². The highest BCUT2D eigenvalue weighted by atomic mass is 14.3. The van der Waals surface area contributed by atoms with Gasteiger partial charge >= 0.3 is 0 Å². The van der Waals surface area contributed by atoms with Gasteiger partial charge in [0.25, 0.3) is 0 Å². The summed E-state index contributed by atoms with van der Waals surface area (Å²) in [4.78, 5) is 0. The summed E-state index contributed by atoms with van der Waals surface area (Å²) < 4.78 is 0. The van der Waals surface area contributed by atoms with Crippen molar-refractivity contribution < 1.29 is 0 Å². The maximum absolute atomic E-state index is 2.38. The van der Waals surface area contributed by atoms with E-state index in [9.17, 15) is 0 Å². The fraction of sp³-hybridized carbons (Fsp3) is 0.0909. The molecule has 0 N–H and O–H groups in total. The van der Waals surface area contributed by atoms with Crippen molar-refractivity contribution in [2.75, 3.05) is 0 Å². The predicted molar refractivity (Wildman–Crippen MR) is 94.9 cm³/mol. The molecule has 0 amide bonds. The van der Waals surface area contributed by atoms with Crippen molar-refractivity contribution >= 4 is 16.8 Å². The Kier molecular flexibility index (Phi) is 2.29. The van der Waals surface area contributed by atoms with Crippen LogP contribution in [0.1, 0.15) is 18.1 Å². The van der Waals surface area contributed by atoms with Crippen LogP contribution in [0.5, 0.6) is 0 Å². The van der Waals surface area contributed by atoms with Gasteiger partial charge in [-0.15, -0.1) is 0 Å². The summed E-state index contributed by atoms with van der Waals surface area (Å²) in [6.45, 7) is 2.13.